The number of aliphatic hydroxyl groups is 1. The average Bonchev–Trinajstić information content (AvgIpc) is 3.66. The number of benzene rings is 1. The third-order valence-electron chi connectivity index (χ3n) is 6.56. The van der Waals surface area contributed by atoms with Gasteiger partial charge in [0.2, 0.25) is 11.9 Å². The number of carbonyl (C=O) groups is 1. The van der Waals surface area contributed by atoms with Crippen LogP contribution in [-0.4, -0.2) is 82.5 Å². The van der Waals surface area contributed by atoms with Gasteiger partial charge < -0.3 is 15.3 Å². The highest BCUT2D eigenvalue weighted by Crippen LogP contribution is 2.32. The Labute approximate surface area is 216 Å². The molecule has 1 saturated carbocycles. The summed E-state index contributed by atoms with van der Waals surface area (Å²) in [6, 6.07) is 8.11. The van der Waals surface area contributed by atoms with E-state index in [1.165, 1.54) is 17.3 Å². The lowest BCUT2D eigenvalue weighted by atomic mass is 10.1. The standard InChI is InChI=1S/C26H33N7O2S/c1-18-15-23(27-17-18)28-24-29-25(33-12-10-32(11-13-33)9-2-14-34)31-26(30-24)36-21-7-3-19(4-8-21)16-22(35)20-5-6-20/h3-4,7-8,15,20,34H,2,5-6,9-14,16-17H2,1H3,(H,27,28,29,30,31). The van der Waals surface area contributed by atoms with Crippen molar-refractivity contribution in [3.63, 3.8) is 0 Å². The molecular formula is C26H33N7O2S. The topological polar surface area (TPSA) is 107 Å². The number of aliphatic imine (C=N–C) groups is 1. The molecule has 0 bridgehead atoms. The van der Waals surface area contributed by atoms with E-state index >= 15 is 0 Å². The second-order valence-electron chi connectivity index (χ2n) is 9.63. The molecule has 3 aliphatic rings. The Bertz CT molecular complexity index is 1140. The molecule has 0 atom stereocenters. The minimum Gasteiger partial charge on any atom is -0.396 e. The number of Topliss-reactive ketones (excluding diaryl/α,β-unsaturated/α-hetero) is 1. The number of hydrogen-bond donors (Lipinski definition) is 2. The van der Waals surface area contributed by atoms with E-state index in [9.17, 15) is 4.79 Å². The average molecular weight is 508 g/mol. The van der Waals surface area contributed by atoms with Gasteiger partial charge in [0.05, 0.1) is 6.54 Å². The zero-order valence-electron chi connectivity index (χ0n) is 20.7. The summed E-state index contributed by atoms with van der Waals surface area (Å²) in [5.41, 5.74) is 2.25. The van der Waals surface area contributed by atoms with E-state index in [1.54, 1.807) is 0 Å². The van der Waals surface area contributed by atoms with Crippen molar-refractivity contribution in [2.75, 3.05) is 56.1 Å². The largest absolute Gasteiger partial charge is 0.396 e. The summed E-state index contributed by atoms with van der Waals surface area (Å²) in [4.78, 5) is 36.4. The number of anilines is 2. The molecule has 36 heavy (non-hydrogen) atoms. The zero-order valence-corrected chi connectivity index (χ0v) is 21.5. The fraction of sp³-hybridized carbons (Fsp3) is 0.500. The Morgan fingerprint density at radius 2 is 1.89 bits per heavy atom. The first-order valence-electron chi connectivity index (χ1n) is 12.7. The van der Waals surface area contributed by atoms with Crippen molar-refractivity contribution < 1.29 is 9.90 Å². The van der Waals surface area contributed by atoms with E-state index in [4.69, 9.17) is 15.1 Å². The van der Waals surface area contributed by atoms with Gasteiger partial charge in [-0.3, -0.25) is 14.7 Å². The molecule has 1 aromatic carbocycles. The molecule has 0 unspecified atom stereocenters. The molecule has 1 aliphatic carbocycles. The summed E-state index contributed by atoms with van der Waals surface area (Å²) in [6.45, 7) is 7.33. The summed E-state index contributed by atoms with van der Waals surface area (Å²) in [5, 5.41) is 13.0. The third-order valence-corrected chi connectivity index (χ3v) is 7.43. The molecule has 0 amide bonds. The molecule has 2 aliphatic heterocycles. The molecule has 2 N–H and O–H groups in total. The summed E-state index contributed by atoms with van der Waals surface area (Å²) >= 11 is 1.49. The van der Waals surface area contributed by atoms with E-state index in [0.717, 1.165) is 68.3 Å². The van der Waals surface area contributed by atoms with Crippen molar-refractivity contribution >= 4 is 35.3 Å². The first-order chi connectivity index (χ1) is 17.6. The zero-order chi connectivity index (χ0) is 24.9. The Morgan fingerprint density at radius 1 is 1.11 bits per heavy atom. The van der Waals surface area contributed by atoms with Crippen LogP contribution in [0, 0.1) is 5.92 Å². The van der Waals surface area contributed by atoms with Gasteiger partial charge >= 0.3 is 0 Å². The maximum absolute atomic E-state index is 12.1. The summed E-state index contributed by atoms with van der Waals surface area (Å²) in [7, 11) is 0. The number of hydrogen-bond acceptors (Lipinski definition) is 10. The first kappa shape index (κ1) is 24.9. The van der Waals surface area contributed by atoms with Crippen molar-refractivity contribution in [3.05, 3.63) is 41.5 Å². The van der Waals surface area contributed by atoms with E-state index in [1.807, 2.05) is 30.3 Å². The van der Waals surface area contributed by atoms with Crippen LogP contribution in [0.1, 0.15) is 31.7 Å². The highest BCUT2D eigenvalue weighted by molar-refractivity contribution is 7.99. The lowest BCUT2D eigenvalue weighted by Crippen LogP contribution is -2.47. The van der Waals surface area contributed by atoms with Crippen LogP contribution < -0.4 is 10.2 Å². The number of nitrogens with one attached hydrogen (secondary N) is 1. The Morgan fingerprint density at radius 3 is 2.56 bits per heavy atom. The molecule has 0 radical (unpaired) electrons. The predicted molar refractivity (Wildman–Crippen MR) is 142 cm³/mol. The number of aliphatic hydroxyl groups excluding tert-OH is 1. The minimum atomic E-state index is 0.221. The fourth-order valence-electron chi connectivity index (χ4n) is 4.31. The van der Waals surface area contributed by atoms with Crippen molar-refractivity contribution in [1.82, 2.24) is 19.9 Å². The number of carbonyl (C=O) groups excluding carboxylic acids is 1. The quantitative estimate of drug-likeness (QED) is 0.502. The number of nitrogens with zero attached hydrogens (tertiary/aromatic N) is 6. The molecule has 0 spiro atoms. The van der Waals surface area contributed by atoms with Crippen molar-refractivity contribution in [3.8, 4) is 0 Å². The molecule has 1 saturated heterocycles. The maximum atomic E-state index is 12.1. The maximum Gasteiger partial charge on any atom is 0.234 e. The van der Waals surface area contributed by atoms with Crippen LogP contribution in [-0.2, 0) is 11.2 Å². The van der Waals surface area contributed by atoms with E-state index < -0.39 is 0 Å². The highest BCUT2D eigenvalue weighted by Gasteiger charge is 2.29. The summed E-state index contributed by atoms with van der Waals surface area (Å²) < 4.78 is 0. The van der Waals surface area contributed by atoms with Crippen LogP contribution in [0.2, 0.25) is 0 Å². The molecule has 10 heteroatoms. The van der Waals surface area contributed by atoms with E-state index in [-0.39, 0.29) is 12.5 Å². The van der Waals surface area contributed by atoms with E-state index in [2.05, 4.69) is 32.0 Å². The molecular weight excluding hydrogens is 474 g/mol. The SMILES string of the molecule is CC1=CC(Nc2nc(Sc3ccc(CC(=O)C4CC4)cc3)nc(N3CCN(CCCO)CC3)n2)=NC1. The number of amidine groups is 1. The fourth-order valence-corrected chi connectivity index (χ4v) is 5.05. The molecule has 2 fully saturated rings. The van der Waals surface area contributed by atoms with Gasteiger partial charge in [-0.25, -0.2) is 0 Å². The summed E-state index contributed by atoms with van der Waals surface area (Å²) in [5.74, 6) is 2.54. The van der Waals surface area contributed by atoms with Crippen LogP contribution in [0.4, 0.5) is 11.9 Å². The predicted octanol–water partition coefficient (Wildman–Crippen LogP) is 2.82. The van der Waals surface area contributed by atoms with Gasteiger partial charge in [-0.1, -0.05) is 12.1 Å². The van der Waals surface area contributed by atoms with Crippen LogP contribution in [0.3, 0.4) is 0 Å². The number of ketones is 1. The molecule has 2 aromatic rings. The highest BCUT2D eigenvalue weighted by atomic mass is 32.2. The van der Waals surface area contributed by atoms with E-state index in [0.29, 0.717) is 35.8 Å². The first-order valence-corrected chi connectivity index (χ1v) is 13.5. The van der Waals surface area contributed by atoms with Gasteiger partial charge in [-0.15, -0.1) is 0 Å². The van der Waals surface area contributed by atoms with Gasteiger partial charge in [0.25, 0.3) is 0 Å². The minimum absolute atomic E-state index is 0.221. The Kier molecular flexibility index (Phi) is 7.93. The van der Waals surface area contributed by atoms with Crippen LogP contribution >= 0.6 is 11.8 Å². The van der Waals surface area contributed by atoms with Crippen LogP contribution in [0.5, 0.6) is 0 Å². The second-order valence-corrected chi connectivity index (χ2v) is 10.7. The smallest absolute Gasteiger partial charge is 0.234 e. The molecule has 3 heterocycles. The van der Waals surface area contributed by atoms with Gasteiger partial charge in [-0.05, 0) is 67.3 Å². The Hall–Kier alpha value is -2.82. The number of aromatic nitrogens is 3. The summed E-state index contributed by atoms with van der Waals surface area (Å²) in [6.07, 6.45) is 5.41. The number of piperazine rings is 1. The van der Waals surface area contributed by atoms with Crippen LogP contribution in [0.15, 0.2) is 51.0 Å². The van der Waals surface area contributed by atoms with Crippen molar-refractivity contribution in [2.45, 2.75) is 42.7 Å². The molecule has 1 aromatic heterocycles. The second kappa shape index (κ2) is 11.5. The van der Waals surface area contributed by atoms with Gasteiger partial charge in [0.15, 0.2) is 5.16 Å². The van der Waals surface area contributed by atoms with Crippen LogP contribution in [0.25, 0.3) is 0 Å². The lowest BCUT2D eigenvalue weighted by Gasteiger charge is -2.34. The monoisotopic (exact) mass is 507 g/mol. The van der Waals surface area contributed by atoms with Gasteiger partial charge in [0, 0.05) is 56.6 Å². The van der Waals surface area contributed by atoms with Gasteiger partial charge in [-0.2, -0.15) is 15.0 Å². The normalized spacial score (nSPS) is 18.2. The Balaban J connectivity index is 1.30. The lowest BCUT2D eigenvalue weighted by molar-refractivity contribution is -0.119. The van der Waals surface area contributed by atoms with Crippen molar-refractivity contribution in [2.24, 2.45) is 10.9 Å². The molecule has 9 nitrogen and oxygen atoms in total. The number of rotatable bonds is 10. The molecule has 190 valence electrons. The molecule has 5 rings (SSSR count). The van der Waals surface area contributed by atoms with Crippen molar-refractivity contribution in [1.29, 1.82) is 0 Å². The van der Waals surface area contributed by atoms with Gasteiger partial charge in [0.1, 0.15) is 11.6 Å². The third kappa shape index (κ3) is 6.68.